The number of pyridine rings is 1. The summed E-state index contributed by atoms with van der Waals surface area (Å²) in [7, 11) is 0. The van der Waals surface area contributed by atoms with Crippen LogP contribution in [0.25, 0.3) is 98.9 Å². The second kappa shape index (κ2) is 13.9. The highest BCUT2D eigenvalue weighted by molar-refractivity contribution is 6.26. The van der Waals surface area contributed by atoms with Gasteiger partial charge in [0.25, 0.3) is 0 Å². The van der Waals surface area contributed by atoms with Crippen molar-refractivity contribution < 1.29 is 0 Å². The van der Waals surface area contributed by atoms with E-state index in [1.165, 1.54) is 37.7 Å². The van der Waals surface area contributed by atoms with Crippen LogP contribution < -0.4 is 0 Å². The summed E-state index contributed by atoms with van der Waals surface area (Å²) in [6.07, 6.45) is 3.65. The molecule has 0 saturated heterocycles. The van der Waals surface area contributed by atoms with E-state index in [-0.39, 0.29) is 0 Å². The van der Waals surface area contributed by atoms with E-state index in [1.807, 2.05) is 36.5 Å². The first-order chi connectivity index (χ1) is 27.7. The molecule has 56 heavy (non-hydrogen) atoms. The quantitative estimate of drug-likeness (QED) is 0.182. The molecular formula is C52H32N4. The summed E-state index contributed by atoms with van der Waals surface area (Å²) in [4.78, 5) is 14.6. The molecule has 10 aromatic rings. The van der Waals surface area contributed by atoms with E-state index in [0.717, 1.165) is 55.4 Å². The van der Waals surface area contributed by atoms with Crippen molar-refractivity contribution in [3.63, 3.8) is 0 Å². The average Bonchev–Trinajstić information content (AvgIpc) is 3.29. The molecule has 0 aliphatic carbocycles. The van der Waals surface area contributed by atoms with Gasteiger partial charge in [-0.2, -0.15) is 5.26 Å². The number of rotatable bonds is 4. The molecule has 260 valence electrons. The summed E-state index contributed by atoms with van der Waals surface area (Å²) >= 11 is 0. The Bertz CT molecular complexity index is 3160. The fraction of sp³-hybridized carbons (Fsp3) is 0. The van der Waals surface area contributed by atoms with E-state index >= 15 is 0 Å². The first kappa shape index (κ1) is 32.9. The summed E-state index contributed by atoms with van der Waals surface area (Å²) in [5, 5.41) is 21.3. The van der Waals surface area contributed by atoms with Gasteiger partial charge >= 0.3 is 0 Å². The van der Waals surface area contributed by atoms with Gasteiger partial charge in [-0.15, -0.1) is 0 Å². The second-order valence-electron chi connectivity index (χ2n) is 13.9. The third-order valence-corrected chi connectivity index (χ3v) is 10.6. The Morgan fingerprint density at radius 1 is 0.339 bits per heavy atom. The number of nitriles is 1. The molecule has 4 nitrogen and oxygen atoms in total. The van der Waals surface area contributed by atoms with Gasteiger partial charge < -0.3 is 0 Å². The fourth-order valence-electron chi connectivity index (χ4n) is 7.91. The van der Waals surface area contributed by atoms with E-state index in [1.54, 1.807) is 6.20 Å². The standard InChI is InChI=1S/C52H32N4/c53-32-34-19-21-36(22-20-34)50-31-51(56-52(55-50)37-25-23-35(24-26-37)39-10-9-29-54-33-39)38-27-28-48-46-17-6-5-15-44(46)42-13-2-1-11-40(42)41-12-3-4-14-43(41)45-16-7-8-18-47(45)49(48)30-38/h1-31,33H. The van der Waals surface area contributed by atoms with Crippen LogP contribution in [0.1, 0.15) is 5.56 Å². The maximum atomic E-state index is 9.51. The van der Waals surface area contributed by atoms with Gasteiger partial charge in [0, 0.05) is 29.1 Å². The van der Waals surface area contributed by atoms with Crippen LogP contribution in [0.15, 0.2) is 194 Å². The van der Waals surface area contributed by atoms with Crippen LogP contribution in [0.5, 0.6) is 0 Å². The summed E-state index contributed by atoms with van der Waals surface area (Å²) in [5.74, 6) is 0.621. The van der Waals surface area contributed by atoms with Crippen molar-refractivity contribution >= 4 is 53.9 Å². The molecule has 8 aromatic carbocycles. The van der Waals surface area contributed by atoms with E-state index < -0.39 is 0 Å². The molecule has 0 spiro atoms. The number of hydrogen-bond donors (Lipinski definition) is 0. The average molecular weight is 713 g/mol. The van der Waals surface area contributed by atoms with E-state index in [0.29, 0.717) is 11.4 Å². The van der Waals surface area contributed by atoms with Crippen LogP contribution in [0, 0.1) is 11.3 Å². The zero-order valence-corrected chi connectivity index (χ0v) is 30.3. The predicted molar refractivity (Wildman–Crippen MR) is 231 cm³/mol. The highest BCUT2D eigenvalue weighted by Gasteiger charge is 2.14. The van der Waals surface area contributed by atoms with Crippen LogP contribution >= 0.6 is 0 Å². The van der Waals surface area contributed by atoms with Gasteiger partial charge in [-0.1, -0.05) is 152 Å². The molecule has 0 bridgehead atoms. The zero-order chi connectivity index (χ0) is 37.4. The van der Waals surface area contributed by atoms with Gasteiger partial charge in [-0.05, 0) is 95.3 Å². The Balaban J connectivity index is 1.27. The summed E-state index contributed by atoms with van der Waals surface area (Å²) in [6.45, 7) is 0. The molecule has 0 aliphatic rings. The van der Waals surface area contributed by atoms with Gasteiger partial charge in [0.05, 0.1) is 23.0 Å². The Kier molecular flexibility index (Phi) is 8.17. The molecule has 0 unspecified atom stereocenters. The number of fused-ring (bicyclic) bond motifs is 10. The monoisotopic (exact) mass is 712 g/mol. The normalized spacial score (nSPS) is 11.2. The zero-order valence-electron chi connectivity index (χ0n) is 30.3. The van der Waals surface area contributed by atoms with Crippen molar-refractivity contribution in [3.8, 4) is 51.1 Å². The Labute approximate surface area is 324 Å². The molecule has 2 aromatic heterocycles. The highest BCUT2D eigenvalue weighted by Crippen LogP contribution is 2.38. The van der Waals surface area contributed by atoms with Crippen molar-refractivity contribution in [2.24, 2.45) is 0 Å². The van der Waals surface area contributed by atoms with Crippen LogP contribution in [0.3, 0.4) is 0 Å². The lowest BCUT2D eigenvalue weighted by Crippen LogP contribution is -1.96. The molecular weight excluding hydrogens is 681 g/mol. The third kappa shape index (κ3) is 5.85. The molecule has 0 N–H and O–H groups in total. The Morgan fingerprint density at radius 2 is 0.768 bits per heavy atom. The topological polar surface area (TPSA) is 62.5 Å². The van der Waals surface area contributed by atoms with Crippen molar-refractivity contribution in [3.05, 3.63) is 200 Å². The van der Waals surface area contributed by atoms with Crippen molar-refractivity contribution in [1.29, 1.82) is 5.26 Å². The second-order valence-corrected chi connectivity index (χ2v) is 13.9. The molecule has 4 heteroatoms. The fourth-order valence-corrected chi connectivity index (χ4v) is 7.91. The molecule has 0 radical (unpaired) electrons. The van der Waals surface area contributed by atoms with E-state index in [2.05, 4.69) is 163 Å². The van der Waals surface area contributed by atoms with Crippen molar-refractivity contribution in [2.45, 2.75) is 0 Å². The smallest absolute Gasteiger partial charge is 0.160 e. The van der Waals surface area contributed by atoms with Crippen LogP contribution in [0.2, 0.25) is 0 Å². The summed E-state index contributed by atoms with van der Waals surface area (Å²) in [6, 6.07) is 65.9. The largest absolute Gasteiger partial charge is 0.264 e. The van der Waals surface area contributed by atoms with Crippen LogP contribution in [-0.4, -0.2) is 15.0 Å². The number of aromatic nitrogens is 3. The molecule has 0 aliphatic heterocycles. The molecule has 0 saturated carbocycles. The maximum absolute atomic E-state index is 9.51. The molecule has 10 rings (SSSR count). The van der Waals surface area contributed by atoms with Gasteiger partial charge in [-0.3, -0.25) is 4.98 Å². The number of hydrogen-bond acceptors (Lipinski definition) is 4. The minimum Gasteiger partial charge on any atom is -0.264 e. The molecule has 0 amide bonds. The number of nitrogens with zero attached hydrogens (tertiary/aromatic N) is 4. The molecule has 2 heterocycles. The van der Waals surface area contributed by atoms with E-state index in [9.17, 15) is 5.26 Å². The third-order valence-electron chi connectivity index (χ3n) is 10.6. The minimum atomic E-state index is 0.603. The van der Waals surface area contributed by atoms with Crippen molar-refractivity contribution in [2.75, 3.05) is 0 Å². The summed E-state index contributed by atoms with van der Waals surface area (Å²) in [5.41, 5.74) is 7.11. The Hall–Kier alpha value is -7.74. The first-order valence-electron chi connectivity index (χ1n) is 18.6. The first-order valence-corrected chi connectivity index (χ1v) is 18.6. The van der Waals surface area contributed by atoms with Crippen molar-refractivity contribution in [1.82, 2.24) is 15.0 Å². The van der Waals surface area contributed by atoms with Crippen LogP contribution in [0.4, 0.5) is 0 Å². The molecule has 0 fully saturated rings. The van der Waals surface area contributed by atoms with Gasteiger partial charge in [-0.25, -0.2) is 9.97 Å². The lowest BCUT2D eigenvalue weighted by atomic mass is 9.93. The maximum Gasteiger partial charge on any atom is 0.160 e. The number of benzene rings is 7. The molecule has 0 atom stereocenters. The van der Waals surface area contributed by atoms with E-state index in [4.69, 9.17) is 9.97 Å². The Morgan fingerprint density at radius 3 is 1.25 bits per heavy atom. The lowest BCUT2D eigenvalue weighted by molar-refractivity contribution is 1.18. The SMILES string of the molecule is N#Cc1ccc(-c2cc(-c3ccc4c5ccccc5c5ccccc5c5ccccc5c5ccccc5c4c3)nc(-c3ccc(-c4cccnc4)cc3)n2)cc1. The lowest BCUT2D eigenvalue weighted by Gasteiger charge is -2.12. The van der Waals surface area contributed by atoms with Gasteiger partial charge in [0.2, 0.25) is 0 Å². The summed E-state index contributed by atoms with van der Waals surface area (Å²) < 4.78 is 0. The minimum absolute atomic E-state index is 0.603. The van der Waals surface area contributed by atoms with Crippen LogP contribution in [-0.2, 0) is 0 Å². The van der Waals surface area contributed by atoms with Gasteiger partial charge in [0.1, 0.15) is 0 Å². The highest BCUT2D eigenvalue weighted by atomic mass is 14.9. The van der Waals surface area contributed by atoms with Gasteiger partial charge in [0.15, 0.2) is 5.82 Å². The predicted octanol–water partition coefficient (Wildman–Crippen LogP) is 13.3.